The second-order valence-electron chi connectivity index (χ2n) is 10.9. The van der Waals surface area contributed by atoms with Gasteiger partial charge < -0.3 is 5.73 Å². The number of piperidine rings is 1. The molecule has 6 rings (SSSR count). The van der Waals surface area contributed by atoms with E-state index in [1.807, 2.05) is 36.4 Å². The van der Waals surface area contributed by atoms with E-state index in [-0.39, 0.29) is 30.6 Å². The monoisotopic (exact) mass is 490 g/mol. The summed E-state index contributed by atoms with van der Waals surface area (Å²) >= 11 is 0. The Hall–Kier alpha value is -2.63. The lowest BCUT2D eigenvalue weighted by molar-refractivity contribution is -0.138. The molecule has 0 aromatic heterocycles. The molecule has 2 saturated carbocycles. The summed E-state index contributed by atoms with van der Waals surface area (Å²) in [6.45, 7) is 0.269. The van der Waals surface area contributed by atoms with Crippen molar-refractivity contribution in [1.82, 2.24) is 4.90 Å². The van der Waals surface area contributed by atoms with E-state index < -0.39 is 11.7 Å². The smallest absolute Gasteiger partial charge is 0.326 e. The number of halogens is 3. The number of nitrogens with zero attached hydrogens (tertiary/aromatic N) is 1. The summed E-state index contributed by atoms with van der Waals surface area (Å²) in [5.41, 5.74) is 9.39. The molecule has 1 saturated heterocycles. The van der Waals surface area contributed by atoms with E-state index in [1.165, 1.54) is 36.1 Å². The number of likely N-dealkylation sites (tertiary alicyclic amines) is 1. The maximum Gasteiger partial charge on any atom is 0.416 e. The number of benzene rings is 3. The van der Waals surface area contributed by atoms with Crippen molar-refractivity contribution in [1.29, 1.82) is 0 Å². The Kier molecular flexibility index (Phi) is 6.17. The second-order valence-corrected chi connectivity index (χ2v) is 10.9. The van der Waals surface area contributed by atoms with Crippen LogP contribution in [0.2, 0.25) is 0 Å². The highest BCUT2D eigenvalue weighted by atomic mass is 19.4. The molecule has 1 heterocycles. The largest absolute Gasteiger partial charge is 0.416 e. The minimum absolute atomic E-state index is 0.00965. The zero-order valence-electron chi connectivity index (χ0n) is 20.3. The molecule has 3 aromatic carbocycles. The molecule has 3 fully saturated rings. The molecule has 3 aromatic rings. The molecule has 2 N–H and O–H groups in total. The molecule has 2 nitrogen and oxygen atoms in total. The first-order valence-electron chi connectivity index (χ1n) is 13.2. The van der Waals surface area contributed by atoms with Gasteiger partial charge in [0.15, 0.2) is 0 Å². The van der Waals surface area contributed by atoms with Gasteiger partial charge in [-0.3, -0.25) is 4.90 Å². The van der Waals surface area contributed by atoms with Crippen LogP contribution in [0.15, 0.2) is 84.9 Å². The minimum Gasteiger partial charge on any atom is -0.326 e. The normalized spacial score (nSPS) is 30.0. The zero-order valence-corrected chi connectivity index (χ0v) is 20.3. The van der Waals surface area contributed by atoms with E-state index in [9.17, 15) is 13.2 Å². The van der Waals surface area contributed by atoms with Crippen molar-refractivity contribution in [3.8, 4) is 0 Å². The lowest BCUT2D eigenvalue weighted by Gasteiger charge is -2.53. The Morgan fingerprint density at radius 3 is 2.08 bits per heavy atom. The third-order valence-electron chi connectivity index (χ3n) is 9.17. The quantitative estimate of drug-likeness (QED) is 0.424. The van der Waals surface area contributed by atoms with Crippen molar-refractivity contribution >= 4 is 0 Å². The van der Waals surface area contributed by atoms with Crippen LogP contribution in [0.4, 0.5) is 13.2 Å². The Labute approximate surface area is 211 Å². The van der Waals surface area contributed by atoms with Crippen molar-refractivity contribution in [3.63, 3.8) is 0 Å². The second kappa shape index (κ2) is 9.35. The molecule has 6 unspecified atom stereocenters. The maximum absolute atomic E-state index is 14.0. The molecule has 188 valence electrons. The van der Waals surface area contributed by atoms with Crippen LogP contribution in [0.25, 0.3) is 0 Å². The van der Waals surface area contributed by atoms with E-state index in [4.69, 9.17) is 5.73 Å². The molecule has 0 amide bonds. The van der Waals surface area contributed by atoms with Crippen LogP contribution in [-0.2, 0) is 12.7 Å². The molecule has 5 heteroatoms. The van der Waals surface area contributed by atoms with Crippen LogP contribution in [0, 0.1) is 17.8 Å². The fraction of sp³-hybridized carbons (Fsp3) is 0.419. The Morgan fingerprint density at radius 1 is 0.833 bits per heavy atom. The van der Waals surface area contributed by atoms with Gasteiger partial charge in [-0.1, -0.05) is 91.7 Å². The lowest BCUT2D eigenvalue weighted by Crippen LogP contribution is -2.63. The summed E-state index contributed by atoms with van der Waals surface area (Å²) in [5, 5.41) is 0. The average molecular weight is 491 g/mol. The van der Waals surface area contributed by atoms with Gasteiger partial charge in [0, 0.05) is 30.6 Å². The summed E-state index contributed by atoms with van der Waals surface area (Å²) in [4.78, 5) is 2.40. The van der Waals surface area contributed by atoms with E-state index in [0.29, 0.717) is 23.3 Å². The van der Waals surface area contributed by atoms with Gasteiger partial charge in [0.2, 0.25) is 0 Å². The molecular weight excluding hydrogens is 457 g/mol. The predicted octanol–water partition coefficient (Wildman–Crippen LogP) is 6.85. The molecule has 0 spiro atoms. The van der Waals surface area contributed by atoms with Gasteiger partial charge in [0.25, 0.3) is 0 Å². The number of hydrogen-bond donors (Lipinski definition) is 1. The number of nitrogens with two attached hydrogens (primary N) is 1. The fourth-order valence-electron chi connectivity index (χ4n) is 7.89. The summed E-state index contributed by atoms with van der Waals surface area (Å²) in [7, 11) is 0. The summed E-state index contributed by atoms with van der Waals surface area (Å²) in [5.74, 6) is 1.48. The first kappa shape index (κ1) is 23.7. The highest BCUT2D eigenvalue weighted by Gasteiger charge is 2.58. The van der Waals surface area contributed by atoms with Crippen LogP contribution in [0.3, 0.4) is 0 Å². The van der Waals surface area contributed by atoms with E-state index in [1.54, 1.807) is 12.1 Å². The van der Waals surface area contributed by atoms with Crippen LogP contribution < -0.4 is 5.73 Å². The van der Waals surface area contributed by atoms with Crippen LogP contribution in [0.5, 0.6) is 0 Å². The van der Waals surface area contributed by atoms with Gasteiger partial charge in [-0.15, -0.1) is 0 Å². The van der Waals surface area contributed by atoms with Crippen molar-refractivity contribution in [2.75, 3.05) is 0 Å². The van der Waals surface area contributed by atoms with Gasteiger partial charge >= 0.3 is 6.18 Å². The van der Waals surface area contributed by atoms with Gasteiger partial charge in [-0.25, -0.2) is 0 Å². The van der Waals surface area contributed by atoms with Gasteiger partial charge in [0.1, 0.15) is 0 Å². The fourth-order valence-corrected chi connectivity index (χ4v) is 7.89. The van der Waals surface area contributed by atoms with Crippen molar-refractivity contribution in [2.45, 2.75) is 62.4 Å². The van der Waals surface area contributed by atoms with Crippen LogP contribution in [0.1, 0.15) is 53.9 Å². The zero-order chi connectivity index (χ0) is 24.9. The van der Waals surface area contributed by atoms with E-state index >= 15 is 0 Å². The first-order valence-corrected chi connectivity index (χ1v) is 13.2. The maximum atomic E-state index is 14.0. The molecule has 0 radical (unpaired) electrons. The molecule has 4 bridgehead atoms. The van der Waals surface area contributed by atoms with Gasteiger partial charge in [0.05, 0.1) is 5.56 Å². The highest BCUT2D eigenvalue weighted by Crippen LogP contribution is 2.56. The molecule has 3 aliphatic rings. The molecule has 36 heavy (non-hydrogen) atoms. The third kappa shape index (κ3) is 4.06. The Bertz CT molecular complexity index is 1140. The Morgan fingerprint density at radius 2 is 1.44 bits per heavy atom. The standard InChI is InChI=1S/C31H33F3N2/c32-31(33,34)25-17-8-7-14-23(25)19-36-26-18-22-15-9-16-24(26)28(22)29(35)30(36)27(20-10-3-1-4-11-20)21-12-5-2-6-13-21/h1-8,10-14,17,22,24,26-30H,9,15-16,18-19,35H2. The van der Waals surface area contributed by atoms with Gasteiger partial charge in [-0.2, -0.15) is 13.2 Å². The highest BCUT2D eigenvalue weighted by molar-refractivity contribution is 5.37. The number of hydrogen-bond acceptors (Lipinski definition) is 2. The molecular formula is C31H33F3N2. The first-order chi connectivity index (χ1) is 17.4. The van der Waals surface area contributed by atoms with Gasteiger partial charge in [-0.05, 0) is 53.4 Å². The third-order valence-corrected chi connectivity index (χ3v) is 9.17. The van der Waals surface area contributed by atoms with Crippen molar-refractivity contribution in [3.05, 3.63) is 107 Å². The van der Waals surface area contributed by atoms with E-state index in [2.05, 4.69) is 29.2 Å². The summed E-state index contributed by atoms with van der Waals surface area (Å²) in [6, 6.07) is 27.0. The SMILES string of the molecule is NC1C2C3CCCC2C(C3)N(Cc2ccccc2C(F)(F)F)C1C(c1ccccc1)c1ccccc1. The van der Waals surface area contributed by atoms with E-state index in [0.717, 1.165) is 12.8 Å². The Balaban J connectivity index is 1.49. The lowest BCUT2D eigenvalue weighted by atomic mass is 9.66. The summed E-state index contributed by atoms with van der Waals surface area (Å²) in [6.07, 6.45) is 0.186. The van der Waals surface area contributed by atoms with Crippen LogP contribution >= 0.6 is 0 Å². The van der Waals surface area contributed by atoms with Crippen molar-refractivity contribution in [2.24, 2.45) is 23.5 Å². The molecule has 6 atom stereocenters. The van der Waals surface area contributed by atoms with Crippen molar-refractivity contribution < 1.29 is 13.2 Å². The molecule has 1 aliphatic heterocycles. The van der Waals surface area contributed by atoms with Crippen LogP contribution in [-0.4, -0.2) is 23.0 Å². The average Bonchev–Trinajstić information content (AvgIpc) is 3.03. The predicted molar refractivity (Wildman–Crippen MR) is 136 cm³/mol. The summed E-state index contributed by atoms with van der Waals surface area (Å²) < 4.78 is 42.1. The number of alkyl halides is 3. The molecule has 2 aliphatic carbocycles. The topological polar surface area (TPSA) is 29.3 Å². The minimum atomic E-state index is -4.38. The number of rotatable bonds is 5.